The molecule has 0 radical (unpaired) electrons. The SMILES string of the molecule is CCc1cn([C@@H]2CC(O)[C@H](CNC(=O)Cc3cc(C)cc(C)c3)O2)c(=O)[nH]c1=O. The molecule has 29 heavy (non-hydrogen) atoms. The zero-order valence-corrected chi connectivity index (χ0v) is 16.9. The van der Waals surface area contributed by atoms with Crippen molar-refractivity contribution in [3.05, 3.63) is 67.5 Å². The Labute approximate surface area is 168 Å². The smallest absolute Gasteiger partial charge is 0.330 e. The minimum Gasteiger partial charge on any atom is -0.390 e. The van der Waals surface area contributed by atoms with Crippen LogP contribution >= 0.6 is 0 Å². The number of hydrogen-bond acceptors (Lipinski definition) is 5. The zero-order chi connectivity index (χ0) is 21.1. The van der Waals surface area contributed by atoms with Crippen molar-refractivity contribution in [1.82, 2.24) is 14.9 Å². The molecule has 1 saturated heterocycles. The topological polar surface area (TPSA) is 113 Å². The highest BCUT2D eigenvalue weighted by atomic mass is 16.5. The summed E-state index contributed by atoms with van der Waals surface area (Å²) in [5, 5.41) is 13.1. The minimum absolute atomic E-state index is 0.139. The van der Waals surface area contributed by atoms with Crippen LogP contribution < -0.4 is 16.6 Å². The molecule has 2 heterocycles. The van der Waals surface area contributed by atoms with E-state index < -0.39 is 29.7 Å². The fraction of sp³-hybridized carbons (Fsp3) is 0.476. The molecule has 1 aliphatic heterocycles. The number of aliphatic hydroxyl groups is 1. The molecule has 156 valence electrons. The summed E-state index contributed by atoms with van der Waals surface area (Å²) in [6.07, 6.45) is 0.238. The maximum atomic E-state index is 12.3. The van der Waals surface area contributed by atoms with Crippen LogP contribution in [0.15, 0.2) is 34.0 Å². The Hall–Kier alpha value is -2.71. The van der Waals surface area contributed by atoms with Crippen molar-refractivity contribution in [1.29, 1.82) is 0 Å². The number of carbonyl (C=O) groups excluding carboxylic acids is 1. The predicted octanol–water partition coefficient (Wildman–Crippen LogP) is 0.723. The van der Waals surface area contributed by atoms with Crippen LogP contribution in [0.2, 0.25) is 0 Å². The molecule has 3 N–H and O–H groups in total. The highest BCUT2D eigenvalue weighted by Gasteiger charge is 2.35. The van der Waals surface area contributed by atoms with Gasteiger partial charge in [-0.3, -0.25) is 19.1 Å². The maximum Gasteiger partial charge on any atom is 0.330 e. The molecule has 1 aromatic heterocycles. The molecule has 1 amide bonds. The predicted molar refractivity (Wildman–Crippen MR) is 108 cm³/mol. The molecule has 8 heteroatoms. The summed E-state index contributed by atoms with van der Waals surface area (Å²) in [4.78, 5) is 38.4. The molecule has 3 rings (SSSR count). The van der Waals surface area contributed by atoms with Gasteiger partial charge in [-0.2, -0.15) is 0 Å². The lowest BCUT2D eigenvalue weighted by Crippen LogP contribution is -2.38. The van der Waals surface area contributed by atoms with Crippen LogP contribution in [0.5, 0.6) is 0 Å². The number of aryl methyl sites for hydroxylation is 3. The van der Waals surface area contributed by atoms with Gasteiger partial charge in [0.05, 0.1) is 12.5 Å². The van der Waals surface area contributed by atoms with Crippen molar-refractivity contribution in [2.75, 3.05) is 6.54 Å². The molecule has 2 aromatic rings. The van der Waals surface area contributed by atoms with E-state index in [1.807, 2.05) is 39.0 Å². The van der Waals surface area contributed by atoms with E-state index in [4.69, 9.17) is 4.74 Å². The van der Waals surface area contributed by atoms with Crippen molar-refractivity contribution in [2.45, 2.75) is 58.5 Å². The lowest BCUT2D eigenvalue weighted by Gasteiger charge is -2.17. The van der Waals surface area contributed by atoms with Crippen LogP contribution in [0.25, 0.3) is 0 Å². The van der Waals surface area contributed by atoms with Gasteiger partial charge in [-0.05, 0) is 25.8 Å². The molecule has 0 bridgehead atoms. The number of amides is 1. The van der Waals surface area contributed by atoms with E-state index in [1.54, 1.807) is 0 Å². The average molecular weight is 401 g/mol. The third-order valence-electron chi connectivity index (χ3n) is 5.08. The van der Waals surface area contributed by atoms with Gasteiger partial charge in [-0.15, -0.1) is 0 Å². The van der Waals surface area contributed by atoms with Gasteiger partial charge in [0.2, 0.25) is 5.91 Å². The largest absolute Gasteiger partial charge is 0.390 e. The van der Waals surface area contributed by atoms with E-state index in [-0.39, 0.29) is 25.3 Å². The second-order valence-electron chi connectivity index (χ2n) is 7.58. The molecular formula is C21H27N3O5. The summed E-state index contributed by atoms with van der Waals surface area (Å²) in [5.41, 5.74) is 2.60. The monoisotopic (exact) mass is 401 g/mol. The fourth-order valence-electron chi connectivity index (χ4n) is 3.70. The Morgan fingerprint density at radius 1 is 1.28 bits per heavy atom. The highest BCUT2D eigenvalue weighted by Crippen LogP contribution is 2.27. The third kappa shape index (κ3) is 5.02. The van der Waals surface area contributed by atoms with Crippen LogP contribution in [0.1, 0.15) is 41.8 Å². The summed E-state index contributed by atoms with van der Waals surface area (Å²) in [6, 6.07) is 5.99. The molecule has 1 aromatic carbocycles. The van der Waals surface area contributed by atoms with E-state index in [1.165, 1.54) is 10.8 Å². The van der Waals surface area contributed by atoms with Gasteiger partial charge < -0.3 is 15.2 Å². The molecule has 3 atom stereocenters. The van der Waals surface area contributed by atoms with Crippen molar-refractivity contribution in [3.8, 4) is 0 Å². The first-order valence-corrected chi connectivity index (χ1v) is 9.78. The second kappa shape index (κ2) is 8.75. The number of aromatic amines is 1. The van der Waals surface area contributed by atoms with Crippen molar-refractivity contribution in [3.63, 3.8) is 0 Å². The Balaban J connectivity index is 1.61. The second-order valence-corrected chi connectivity index (χ2v) is 7.58. The highest BCUT2D eigenvalue weighted by molar-refractivity contribution is 5.78. The standard InChI is InChI=1S/C21H27N3O5/c1-4-15-11-24(21(28)23-20(15)27)19-9-16(25)17(29-19)10-22-18(26)8-14-6-12(2)5-13(3)7-14/h5-7,11,16-17,19,25H,4,8-10H2,1-3H3,(H,22,26)(H,23,27,28)/t16?,17-,19-/m0/s1. The molecule has 8 nitrogen and oxygen atoms in total. The van der Waals surface area contributed by atoms with E-state index in [0.717, 1.165) is 16.7 Å². The number of ether oxygens (including phenoxy) is 1. The lowest BCUT2D eigenvalue weighted by molar-refractivity contribution is -0.121. The number of rotatable bonds is 6. The summed E-state index contributed by atoms with van der Waals surface area (Å²) < 4.78 is 7.09. The molecule has 0 spiro atoms. The van der Waals surface area contributed by atoms with Gasteiger partial charge in [0.15, 0.2) is 0 Å². The Kier molecular flexibility index (Phi) is 6.34. The first-order chi connectivity index (χ1) is 13.8. The molecular weight excluding hydrogens is 374 g/mol. The van der Waals surface area contributed by atoms with Crippen LogP contribution in [-0.2, 0) is 22.4 Å². The van der Waals surface area contributed by atoms with Gasteiger partial charge >= 0.3 is 5.69 Å². The van der Waals surface area contributed by atoms with Gasteiger partial charge in [-0.25, -0.2) is 4.79 Å². The molecule has 1 unspecified atom stereocenters. The van der Waals surface area contributed by atoms with Crippen molar-refractivity contribution >= 4 is 5.91 Å². The fourth-order valence-corrected chi connectivity index (χ4v) is 3.70. The number of aliphatic hydroxyl groups excluding tert-OH is 1. The average Bonchev–Trinajstić information content (AvgIpc) is 2.99. The van der Waals surface area contributed by atoms with Gasteiger partial charge in [0.1, 0.15) is 12.3 Å². The number of benzene rings is 1. The zero-order valence-electron chi connectivity index (χ0n) is 16.9. The summed E-state index contributed by atoms with van der Waals surface area (Å²) in [6.45, 7) is 5.93. The number of aromatic nitrogens is 2. The maximum absolute atomic E-state index is 12.3. The first kappa shape index (κ1) is 21.0. The normalized spacial score (nSPS) is 21.3. The Morgan fingerprint density at radius 3 is 2.62 bits per heavy atom. The van der Waals surface area contributed by atoms with E-state index in [9.17, 15) is 19.5 Å². The quantitative estimate of drug-likeness (QED) is 0.660. The van der Waals surface area contributed by atoms with E-state index >= 15 is 0 Å². The third-order valence-corrected chi connectivity index (χ3v) is 5.08. The molecule has 0 aliphatic carbocycles. The van der Waals surface area contributed by atoms with E-state index in [2.05, 4.69) is 10.3 Å². The van der Waals surface area contributed by atoms with Crippen LogP contribution in [0.4, 0.5) is 0 Å². The molecule has 0 saturated carbocycles. The minimum atomic E-state index is -0.828. The Morgan fingerprint density at radius 2 is 1.97 bits per heavy atom. The first-order valence-electron chi connectivity index (χ1n) is 9.78. The number of H-pyrrole nitrogens is 1. The summed E-state index contributed by atoms with van der Waals surface area (Å²) in [7, 11) is 0. The van der Waals surface area contributed by atoms with Crippen molar-refractivity contribution in [2.24, 2.45) is 0 Å². The number of hydrogen-bond donors (Lipinski definition) is 3. The molecule has 1 fully saturated rings. The van der Waals surface area contributed by atoms with Crippen LogP contribution in [0, 0.1) is 13.8 Å². The summed E-state index contributed by atoms with van der Waals surface area (Å²) in [5.74, 6) is -0.163. The number of nitrogens with zero attached hydrogens (tertiary/aromatic N) is 1. The van der Waals surface area contributed by atoms with Crippen molar-refractivity contribution < 1.29 is 14.6 Å². The Bertz CT molecular complexity index is 990. The number of carbonyl (C=O) groups is 1. The number of nitrogens with one attached hydrogen (secondary N) is 2. The van der Waals surface area contributed by atoms with Gasteiger partial charge in [0, 0.05) is 24.7 Å². The van der Waals surface area contributed by atoms with E-state index in [0.29, 0.717) is 12.0 Å². The van der Waals surface area contributed by atoms with Gasteiger partial charge in [0.25, 0.3) is 5.56 Å². The van der Waals surface area contributed by atoms with Crippen LogP contribution in [-0.4, -0.2) is 39.3 Å². The summed E-state index contributed by atoms with van der Waals surface area (Å²) >= 11 is 0. The lowest BCUT2D eigenvalue weighted by atomic mass is 10.0. The van der Waals surface area contributed by atoms with Crippen LogP contribution in [0.3, 0.4) is 0 Å². The van der Waals surface area contributed by atoms with Gasteiger partial charge in [-0.1, -0.05) is 36.2 Å². The molecule has 1 aliphatic rings.